The lowest BCUT2D eigenvalue weighted by atomic mass is 10.0. The van der Waals surface area contributed by atoms with Gasteiger partial charge in [-0.2, -0.15) is 0 Å². The summed E-state index contributed by atoms with van der Waals surface area (Å²) < 4.78 is 5.24. The van der Waals surface area contributed by atoms with Crippen LogP contribution in [0.2, 0.25) is 0 Å². The molecule has 4 rings (SSSR count). The lowest BCUT2D eigenvalue weighted by Gasteiger charge is -2.32. The third kappa shape index (κ3) is 3.45. The second-order valence-corrected chi connectivity index (χ2v) is 7.64. The minimum atomic E-state index is -0.122. The number of hydrogen-bond acceptors (Lipinski definition) is 3. The van der Waals surface area contributed by atoms with Gasteiger partial charge in [0.25, 0.3) is 0 Å². The molecule has 1 aliphatic rings. The van der Waals surface area contributed by atoms with Gasteiger partial charge < -0.3 is 10.1 Å². The maximum atomic E-state index is 13.4. The number of hydrogen-bond donors (Lipinski definition) is 1. The van der Waals surface area contributed by atoms with Crippen molar-refractivity contribution in [1.82, 2.24) is 5.32 Å². The summed E-state index contributed by atoms with van der Waals surface area (Å²) in [6.07, 6.45) is 0.796. The molecular formula is C23H22N2O2S. The van der Waals surface area contributed by atoms with Crippen LogP contribution in [0.1, 0.15) is 24.9 Å². The van der Waals surface area contributed by atoms with E-state index >= 15 is 0 Å². The lowest BCUT2D eigenvalue weighted by molar-refractivity contribution is 0.244. The first kappa shape index (κ1) is 18.4. The molecule has 0 aromatic heterocycles. The number of nitrogens with zero attached hydrogens (tertiary/aromatic N) is 1. The van der Waals surface area contributed by atoms with E-state index in [1.165, 1.54) is 0 Å². The minimum Gasteiger partial charge on any atom is -0.497 e. The van der Waals surface area contributed by atoms with E-state index in [-0.39, 0.29) is 12.1 Å². The molecule has 3 aromatic carbocycles. The van der Waals surface area contributed by atoms with Gasteiger partial charge in [-0.05, 0) is 48.4 Å². The predicted octanol–water partition coefficient (Wildman–Crippen LogP) is 6.16. The summed E-state index contributed by atoms with van der Waals surface area (Å²) in [6.45, 7) is 2.07. The molecule has 4 nitrogen and oxygen atoms in total. The second-order valence-electron chi connectivity index (χ2n) is 6.56. The molecule has 0 saturated heterocycles. The first-order valence-electron chi connectivity index (χ1n) is 9.31. The number of para-hydroxylation sites is 2. The number of benzene rings is 3. The Hall–Kier alpha value is -2.92. The Morgan fingerprint density at radius 2 is 1.54 bits per heavy atom. The van der Waals surface area contributed by atoms with Crippen LogP contribution in [-0.4, -0.2) is 13.1 Å². The molecule has 1 N–H and O–H groups in total. The molecule has 5 heteroatoms. The molecule has 3 aromatic rings. The number of ether oxygens (including phenoxy) is 1. The fourth-order valence-corrected chi connectivity index (χ4v) is 4.45. The maximum absolute atomic E-state index is 13.4. The smallest absolute Gasteiger partial charge is 0.327 e. The highest BCUT2D eigenvalue weighted by Crippen LogP contribution is 2.47. The molecule has 0 aliphatic carbocycles. The van der Waals surface area contributed by atoms with Crippen LogP contribution < -0.4 is 15.0 Å². The number of urea groups is 1. The van der Waals surface area contributed by atoms with Crippen molar-refractivity contribution in [2.45, 2.75) is 29.2 Å². The van der Waals surface area contributed by atoms with Gasteiger partial charge in [-0.15, -0.1) is 0 Å². The molecule has 0 fully saturated rings. The summed E-state index contributed by atoms with van der Waals surface area (Å²) in [5.41, 5.74) is 2.88. The van der Waals surface area contributed by atoms with Gasteiger partial charge in [-0.3, -0.25) is 4.90 Å². The van der Waals surface area contributed by atoms with Gasteiger partial charge in [0.05, 0.1) is 24.5 Å². The van der Waals surface area contributed by atoms with Gasteiger partial charge in [-0.25, -0.2) is 4.79 Å². The topological polar surface area (TPSA) is 41.6 Å². The normalized spacial score (nSPS) is 13.3. The summed E-state index contributed by atoms with van der Waals surface area (Å²) in [7, 11) is 1.65. The average Bonchev–Trinajstić information content (AvgIpc) is 2.75. The Morgan fingerprint density at radius 3 is 2.07 bits per heavy atom. The first-order valence-corrected chi connectivity index (χ1v) is 10.1. The minimum absolute atomic E-state index is 0.0766. The van der Waals surface area contributed by atoms with E-state index in [0.29, 0.717) is 0 Å². The summed E-state index contributed by atoms with van der Waals surface area (Å²) >= 11 is 1.69. The summed E-state index contributed by atoms with van der Waals surface area (Å²) in [4.78, 5) is 17.3. The standard InChI is InChI=1S/C23H22N2O2S/c1-3-18(16-12-14-17(27-2)15-13-16)24-23(26)25-19-8-4-6-10-21(19)28-22-11-7-5-9-20(22)25/h4-15,18H,3H2,1-2H3,(H,24,26). The summed E-state index contributed by atoms with van der Waals surface area (Å²) in [6, 6.07) is 23.7. The van der Waals surface area contributed by atoms with Crippen molar-refractivity contribution in [2.75, 3.05) is 12.0 Å². The molecule has 1 unspecified atom stereocenters. The molecule has 1 aliphatic heterocycles. The molecule has 0 radical (unpaired) electrons. The summed E-state index contributed by atoms with van der Waals surface area (Å²) in [5, 5.41) is 3.21. The number of nitrogens with one attached hydrogen (secondary N) is 1. The largest absolute Gasteiger partial charge is 0.497 e. The van der Waals surface area contributed by atoms with Gasteiger partial charge in [0, 0.05) is 9.79 Å². The maximum Gasteiger partial charge on any atom is 0.327 e. The average molecular weight is 391 g/mol. The van der Waals surface area contributed by atoms with Gasteiger partial charge in [0.2, 0.25) is 0 Å². The van der Waals surface area contributed by atoms with E-state index < -0.39 is 0 Å². The first-order chi connectivity index (χ1) is 13.7. The van der Waals surface area contributed by atoms with Gasteiger partial charge in [-0.1, -0.05) is 55.1 Å². The molecule has 142 valence electrons. The fraction of sp³-hybridized carbons (Fsp3) is 0.174. The fourth-order valence-electron chi connectivity index (χ4n) is 3.39. The number of anilines is 2. The quantitative estimate of drug-likeness (QED) is 0.580. The molecular weight excluding hydrogens is 368 g/mol. The predicted molar refractivity (Wildman–Crippen MR) is 114 cm³/mol. The molecule has 0 saturated carbocycles. The van der Waals surface area contributed by atoms with Crippen LogP contribution in [0, 0.1) is 0 Å². The van der Waals surface area contributed by atoms with Crippen molar-refractivity contribution in [1.29, 1.82) is 0 Å². The molecule has 1 heterocycles. The number of carbonyl (C=O) groups excluding carboxylic acids is 1. The van der Waals surface area contributed by atoms with Crippen molar-refractivity contribution in [3.05, 3.63) is 78.4 Å². The number of rotatable bonds is 4. The van der Waals surface area contributed by atoms with E-state index in [2.05, 4.69) is 24.4 Å². The molecule has 28 heavy (non-hydrogen) atoms. The third-order valence-corrected chi connectivity index (χ3v) is 5.99. The van der Waals surface area contributed by atoms with E-state index in [9.17, 15) is 4.79 Å². The molecule has 0 spiro atoms. The van der Waals surface area contributed by atoms with Crippen LogP contribution >= 0.6 is 11.8 Å². The zero-order valence-corrected chi connectivity index (χ0v) is 16.7. The van der Waals surface area contributed by atoms with Crippen LogP contribution in [-0.2, 0) is 0 Å². The zero-order chi connectivity index (χ0) is 19.5. The van der Waals surface area contributed by atoms with E-state index in [1.807, 2.05) is 60.7 Å². The Labute approximate surface area is 169 Å². The highest BCUT2D eigenvalue weighted by Gasteiger charge is 2.29. The van der Waals surface area contributed by atoms with Crippen LogP contribution in [0.25, 0.3) is 0 Å². The Kier molecular flexibility index (Phi) is 5.26. The monoisotopic (exact) mass is 390 g/mol. The van der Waals surface area contributed by atoms with E-state index in [0.717, 1.165) is 38.9 Å². The van der Waals surface area contributed by atoms with Crippen LogP contribution in [0.4, 0.5) is 16.2 Å². The highest BCUT2D eigenvalue weighted by molar-refractivity contribution is 7.99. The zero-order valence-electron chi connectivity index (χ0n) is 15.9. The molecule has 0 bridgehead atoms. The van der Waals surface area contributed by atoms with Crippen molar-refractivity contribution >= 4 is 29.2 Å². The lowest BCUT2D eigenvalue weighted by Crippen LogP contribution is -2.40. The Bertz CT molecular complexity index is 942. The third-order valence-electron chi connectivity index (χ3n) is 4.86. The molecule has 2 amide bonds. The van der Waals surface area contributed by atoms with Crippen LogP contribution in [0.5, 0.6) is 5.75 Å². The van der Waals surface area contributed by atoms with Crippen molar-refractivity contribution < 1.29 is 9.53 Å². The highest BCUT2D eigenvalue weighted by atomic mass is 32.2. The van der Waals surface area contributed by atoms with Gasteiger partial charge in [0.1, 0.15) is 5.75 Å². The second kappa shape index (κ2) is 7.98. The number of fused-ring (bicyclic) bond motifs is 2. The Morgan fingerprint density at radius 1 is 0.964 bits per heavy atom. The van der Waals surface area contributed by atoms with Crippen LogP contribution in [0.3, 0.4) is 0 Å². The number of carbonyl (C=O) groups is 1. The van der Waals surface area contributed by atoms with Crippen molar-refractivity contribution in [2.24, 2.45) is 0 Å². The summed E-state index contributed by atoms with van der Waals surface area (Å²) in [5.74, 6) is 0.806. The van der Waals surface area contributed by atoms with Crippen molar-refractivity contribution in [3.8, 4) is 5.75 Å². The molecule has 1 atom stereocenters. The van der Waals surface area contributed by atoms with Crippen LogP contribution in [0.15, 0.2) is 82.6 Å². The SMILES string of the molecule is CCC(NC(=O)N1c2ccccc2Sc2ccccc21)c1ccc(OC)cc1. The van der Waals surface area contributed by atoms with Gasteiger partial charge >= 0.3 is 6.03 Å². The Balaban J connectivity index is 1.65. The number of amides is 2. The van der Waals surface area contributed by atoms with Gasteiger partial charge in [0.15, 0.2) is 0 Å². The van der Waals surface area contributed by atoms with E-state index in [4.69, 9.17) is 4.74 Å². The van der Waals surface area contributed by atoms with E-state index in [1.54, 1.807) is 23.8 Å². The number of methoxy groups -OCH3 is 1. The van der Waals surface area contributed by atoms with Crippen molar-refractivity contribution in [3.63, 3.8) is 0 Å².